The fourth-order valence-corrected chi connectivity index (χ4v) is 2.19. The molecule has 0 unspecified atom stereocenters. The highest BCUT2D eigenvalue weighted by Gasteiger charge is 2.10. The molecule has 1 aromatic carbocycles. The molecule has 0 radical (unpaired) electrons. The number of anilines is 3. The molecule has 19 heavy (non-hydrogen) atoms. The van der Waals surface area contributed by atoms with E-state index in [4.69, 9.17) is 17.3 Å². The van der Waals surface area contributed by atoms with Crippen molar-refractivity contribution in [2.75, 3.05) is 11.1 Å². The fraction of sp³-hybridized carbons (Fsp3) is 0. The predicted octanol–water partition coefficient (Wildman–Crippen LogP) is 3.09. The molecule has 3 rings (SSSR count). The van der Waals surface area contributed by atoms with Crippen LogP contribution in [-0.2, 0) is 0 Å². The van der Waals surface area contributed by atoms with Gasteiger partial charge in [-0.25, -0.2) is 4.98 Å². The van der Waals surface area contributed by atoms with Gasteiger partial charge in [0.15, 0.2) is 11.5 Å². The number of nitrogens with zero attached hydrogens (tertiary/aromatic N) is 3. The summed E-state index contributed by atoms with van der Waals surface area (Å²) in [7, 11) is 0. The molecule has 6 nitrogen and oxygen atoms in total. The van der Waals surface area contributed by atoms with Gasteiger partial charge >= 0.3 is 0 Å². The standard InChI is InChI=1S/C11H8BrClN6/c12-5-1-2-6(13)7(3-5)17-10-8-9(16-4-15-8)18-11(14)19-10/h1-4H,(H4,14,15,16,17,18,19). The van der Waals surface area contributed by atoms with Gasteiger partial charge in [0.2, 0.25) is 5.95 Å². The zero-order valence-corrected chi connectivity index (χ0v) is 11.8. The van der Waals surface area contributed by atoms with Crippen LogP contribution in [0.4, 0.5) is 17.5 Å². The van der Waals surface area contributed by atoms with E-state index in [2.05, 4.69) is 41.2 Å². The van der Waals surface area contributed by atoms with E-state index in [0.717, 1.165) is 4.47 Å². The summed E-state index contributed by atoms with van der Waals surface area (Å²) < 4.78 is 0.905. The number of nitrogen functional groups attached to an aromatic ring is 1. The molecule has 0 aliphatic rings. The van der Waals surface area contributed by atoms with Crippen LogP contribution in [0, 0.1) is 0 Å². The second-order valence-electron chi connectivity index (χ2n) is 3.78. The summed E-state index contributed by atoms with van der Waals surface area (Å²) in [5, 5.41) is 3.70. The molecule has 0 spiro atoms. The van der Waals surface area contributed by atoms with Crippen molar-refractivity contribution in [3.63, 3.8) is 0 Å². The Kier molecular flexibility index (Phi) is 3.00. The van der Waals surface area contributed by atoms with Crippen LogP contribution in [0.15, 0.2) is 29.0 Å². The summed E-state index contributed by atoms with van der Waals surface area (Å²) in [5.41, 5.74) is 7.53. The first kappa shape index (κ1) is 12.2. The van der Waals surface area contributed by atoms with Gasteiger partial charge in [0.25, 0.3) is 0 Å². The van der Waals surface area contributed by atoms with Gasteiger partial charge in [-0.05, 0) is 18.2 Å². The minimum Gasteiger partial charge on any atom is -0.368 e. The molecular weight excluding hydrogens is 332 g/mol. The lowest BCUT2D eigenvalue weighted by molar-refractivity contribution is 1.21. The Bertz CT molecular complexity index is 756. The quantitative estimate of drug-likeness (QED) is 0.667. The molecule has 2 heterocycles. The van der Waals surface area contributed by atoms with E-state index in [1.54, 1.807) is 6.07 Å². The average molecular weight is 340 g/mol. The molecule has 0 aliphatic carbocycles. The van der Waals surface area contributed by atoms with Gasteiger partial charge in [-0.3, -0.25) is 0 Å². The van der Waals surface area contributed by atoms with Gasteiger partial charge in [0.05, 0.1) is 17.0 Å². The molecule has 96 valence electrons. The third kappa shape index (κ3) is 2.34. The summed E-state index contributed by atoms with van der Waals surface area (Å²) in [6.45, 7) is 0. The van der Waals surface area contributed by atoms with E-state index >= 15 is 0 Å². The summed E-state index contributed by atoms with van der Waals surface area (Å²) in [6, 6.07) is 5.49. The Morgan fingerprint density at radius 1 is 1.32 bits per heavy atom. The summed E-state index contributed by atoms with van der Waals surface area (Å²) >= 11 is 9.52. The van der Waals surface area contributed by atoms with Crippen molar-refractivity contribution in [1.29, 1.82) is 0 Å². The van der Waals surface area contributed by atoms with Crippen LogP contribution in [0.2, 0.25) is 5.02 Å². The number of hydrogen-bond acceptors (Lipinski definition) is 5. The van der Waals surface area contributed by atoms with E-state index in [-0.39, 0.29) is 5.95 Å². The number of hydrogen-bond donors (Lipinski definition) is 3. The number of nitrogens with two attached hydrogens (primary N) is 1. The molecule has 0 amide bonds. The number of halogens is 2. The van der Waals surface area contributed by atoms with Crippen LogP contribution in [0.5, 0.6) is 0 Å². The van der Waals surface area contributed by atoms with Crippen LogP contribution in [0.1, 0.15) is 0 Å². The van der Waals surface area contributed by atoms with Crippen molar-refractivity contribution < 1.29 is 0 Å². The largest absolute Gasteiger partial charge is 0.368 e. The van der Waals surface area contributed by atoms with Crippen LogP contribution >= 0.6 is 27.5 Å². The number of aromatic nitrogens is 4. The highest BCUT2D eigenvalue weighted by molar-refractivity contribution is 9.10. The van der Waals surface area contributed by atoms with Crippen molar-refractivity contribution in [2.45, 2.75) is 0 Å². The number of imidazole rings is 1. The molecule has 3 aromatic rings. The van der Waals surface area contributed by atoms with Gasteiger partial charge < -0.3 is 16.0 Å². The number of benzene rings is 1. The summed E-state index contributed by atoms with van der Waals surface area (Å²) in [4.78, 5) is 15.2. The molecule has 0 fully saturated rings. The zero-order valence-electron chi connectivity index (χ0n) is 9.48. The van der Waals surface area contributed by atoms with E-state index in [0.29, 0.717) is 27.7 Å². The van der Waals surface area contributed by atoms with Crippen molar-refractivity contribution in [3.8, 4) is 0 Å². The average Bonchev–Trinajstić information content (AvgIpc) is 2.82. The minimum absolute atomic E-state index is 0.146. The van der Waals surface area contributed by atoms with E-state index in [9.17, 15) is 0 Å². The maximum Gasteiger partial charge on any atom is 0.224 e. The first-order chi connectivity index (χ1) is 9.13. The highest BCUT2D eigenvalue weighted by Crippen LogP contribution is 2.30. The fourth-order valence-electron chi connectivity index (χ4n) is 1.66. The van der Waals surface area contributed by atoms with Gasteiger partial charge in [-0.15, -0.1) is 0 Å². The third-order valence-corrected chi connectivity index (χ3v) is 3.31. The van der Waals surface area contributed by atoms with Gasteiger partial charge in [-0.2, -0.15) is 9.97 Å². The lowest BCUT2D eigenvalue weighted by Crippen LogP contribution is -2.01. The second-order valence-corrected chi connectivity index (χ2v) is 5.10. The molecule has 2 aromatic heterocycles. The molecule has 0 bridgehead atoms. The minimum atomic E-state index is 0.146. The Hall–Kier alpha value is -1.86. The highest BCUT2D eigenvalue weighted by atomic mass is 79.9. The topological polar surface area (TPSA) is 92.5 Å². The number of aromatic amines is 1. The maximum atomic E-state index is 6.13. The summed E-state index contributed by atoms with van der Waals surface area (Å²) in [6.07, 6.45) is 1.53. The lowest BCUT2D eigenvalue weighted by Gasteiger charge is -2.09. The van der Waals surface area contributed by atoms with Crippen LogP contribution in [-0.4, -0.2) is 19.9 Å². The number of nitrogens with one attached hydrogen (secondary N) is 2. The van der Waals surface area contributed by atoms with Crippen LogP contribution in [0.3, 0.4) is 0 Å². The predicted molar refractivity (Wildman–Crippen MR) is 78.5 cm³/mol. The Labute approximate surface area is 121 Å². The molecular formula is C11H8BrClN6. The van der Waals surface area contributed by atoms with Gasteiger partial charge in [0.1, 0.15) is 5.52 Å². The second kappa shape index (κ2) is 4.67. The smallest absolute Gasteiger partial charge is 0.224 e. The lowest BCUT2D eigenvalue weighted by atomic mass is 10.3. The SMILES string of the molecule is Nc1nc(Nc2cc(Br)ccc2Cl)c2[nH]cnc2n1. The Balaban J connectivity index is 2.10. The van der Waals surface area contributed by atoms with Gasteiger partial charge in [-0.1, -0.05) is 27.5 Å². The molecule has 0 aliphatic heterocycles. The normalized spacial score (nSPS) is 10.8. The van der Waals surface area contributed by atoms with E-state index < -0.39 is 0 Å². The Morgan fingerprint density at radius 3 is 3.00 bits per heavy atom. The molecule has 8 heteroatoms. The van der Waals surface area contributed by atoms with Crippen molar-refractivity contribution in [3.05, 3.63) is 34.0 Å². The Morgan fingerprint density at radius 2 is 2.16 bits per heavy atom. The van der Waals surface area contributed by atoms with Crippen LogP contribution < -0.4 is 11.1 Å². The molecule has 0 atom stereocenters. The van der Waals surface area contributed by atoms with Crippen LogP contribution in [0.25, 0.3) is 11.2 Å². The first-order valence-corrected chi connectivity index (χ1v) is 6.49. The number of H-pyrrole nitrogens is 1. The van der Waals surface area contributed by atoms with E-state index in [1.165, 1.54) is 6.33 Å². The molecule has 4 N–H and O–H groups in total. The first-order valence-electron chi connectivity index (χ1n) is 5.32. The van der Waals surface area contributed by atoms with E-state index in [1.807, 2.05) is 12.1 Å². The number of fused-ring (bicyclic) bond motifs is 1. The van der Waals surface area contributed by atoms with Crippen molar-refractivity contribution in [1.82, 2.24) is 19.9 Å². The monoisotopic (exact) mass is 338 g/mol. The number of rotatable bonds is 2. The molecule has 0 saturated heterocycles. The summed E-state index contributed by atoms with van der Waals surface area (Å²) in [5.74, 6) is 0.674. The maximum absolute atomic E-state index is 6.13. The van der Waals surface area contributed by atoms with Gasteiger partial charge in [0, 0.05) is 4.47 Å². The molecule has 0 saturated carbocycles. The zero-order chi connectivity index (χ0) is 13.4. The van der Waals surface area contributed by atoms with Crippen molar-refractivity contribution in [2.24, 2.45) is 0 Å². The van der Waals surface area contributed by atoms with Crippen molar-refractivity contribution >= 4 is 56.1 Å². The third-order valence-electron chi connectivity index (χ3n) is 2.48.